The van der Waals surface area contributed by atoms with Crippen molar-refractivity contribution in [1.82, 2.24) is 0 Å². The Morgan fingerprint density at radius 3 is 0.966 bits per heavy atom. The fraction of sp³-hybridized carbons (Fsp3) is 0.143. The molecule has 0 aliphatic carbocycles. The van der Waals surface area contributed by atoms with Gasteiger partial charge >= 0.3 is 58.4 Å². The Morgan fingerprint density at radius 1 is 0.552 bits per heavy atom. The molecule has 0 aliphatic heterocycles. The van der Waals surface area contributed by atoms with Gasteiger partial charge in [-0.05, 0) is 11.1 Å². The molecule has 15 heteroatoms. The van der Waals surface area contributed by atoms with Crippen molar-refractivity contribution in [3.63, 3.8) is 0 Å². The first kappa shape index (κ1) is 38.3. The van der Waals surface area contributed by atoms with E-state index in [4.69, 9.17) is 29.4 Å². The molecule has 0 aliphatic rings. The molecule has 29 heavy (non-hydrogen) atoms. The summed E-state index contributed by atoms with van der Waals surface area (Å²) in [6.07, 6.45) is 0. The van der Waals surface area contributed by atoms with Crippen LogP contribution in [0.3, 0.4) is 0 Å². The molecule has 0 atom stereocenters. The molecule has 0 saturated heterocycles. The Balaban J connectivity index is -0.000000205. The van der Waals surface area contributed by atoms with Crippen LogP contribution in [0.15, 0.2) is 60.7 Å². The second kappa shape index (κ2) is 21.9. The average molecular weight is 665 g/mol. The smallest absolute Gasteiger partial charge is 0.844 e. The van der Waals surface area contributed by atoms with Gasteiger partial charge in [0.25, 0.3) is 0 Å². The molecule has 0 bridgehead atoms. The Bertz CT molecular complexity index is 629. The molecule has 146 valence electrons. The molecule has 0 radical (unpaired) electrons. The van der Waals surface area contributed by atoms with Crippen LogP contribution >= 0.6 is 35.0 Å². The molecule has 0 aromatic heterocycles. The van der Waals surface area contributed by atoms with Gasteiger partial charge in [0.1, 0.15) is 0 Å². The van der Waals surface area contributed by atoms with Gasteiger partial charge in [0, 0.05) is 11.5 Å². The number of benzene rings is 2. The summed E-state index contributed by atoms with van der Waals surface area (Å²) in [6.45, 7) is -9.11. The molecule has 0 heterocycles. The zero-order valence-corrected chi connectivity index (χ0v) is 29.2. The third kappa shape index (κ3) is 37.7. The molecule has 0 spiro atoms. The van der Waals surface area contributed by atoms with Crippen LogP contribution in [0.25, 0.3) is 0 Å². The molecule has 0 unspecified atom stereocenters. The maximum absolute atomic E-state index is 8.92. The molecule has 2 aromatic carbocycles. The van der Waals surface area contributed by atoms with Crippen LogP contribution in [0.2, 0.25) is 0 Å². The third-order valence-corrected chi connectivity index (χ3v) is 4.50. The summed E-state index contributed by atoms with van der Waals surface area (Å²) in [6, 6.07) is 21.2. The summed E-state index contributed by atoms with van der Waals surface area (Å²) < 4.78 is 0. The van der Waals surface area contributed by atoms with E-state index in [0.29, 0.717) is 0 Å². The van der Waals surface area contributed by atoms with Crippen LogP contribution in [0.5, 0.6) is 0 Å². The first-order valence-electron chi connectivity index (χ1n) is 6.73. The number of rotatable bonds is 5. The van der Waals surface area contributed by atoms with Gasteiger partial charge in [-0.3, -0.25) is 0 Å². The van der Waals surface area contributed by atoms with Gasteiger partial charge in [-0.25, -0.2) is 0 Å². The fourth-order valence-electron chi connectivity index (χ4n) is 1.37. The van der Waals surface area contributed by atoms with Gasteiger partial charge in [0.05, 0.1) is 0 Å². The monoisotopic (exact) mass is 660 g/mol. The number of hydrogen-bond acceptors (Lipinski definition) is 10. The third-order valence-electron chi connectivity index (χ3n) is 2.22. The van der Waals surface area contributed by atoms with E-state index in [1.54, 1.807) is 0 Å². The van der Waals surface area contributed by atoms with Crippen LogP contribution in [-0.4, -0.2) is 0 Å². The molecule has 0 saturated carbocycles. The first-order chi connectivity index (χ1) is 11.9. The SMILES string of the molecule is [O-]P([O-])([O-])=S.[O-]P([O-])([O-])=S.[Zn+2].[Zn+2].[Zn+2].c1ccc(CSSCc2ccccc2)cc1. The summed E-state index contributed by atoms with van der Waals surface area (Å²) in [5, 5.41) is 0. The van der Waals surface area contributed by atoms with Gasteiger partial charge < -0.3 is 42.8 Å². The minimum atomic E-state index is -4.56. The Kier molecular flexibility index (Phi) is 28.9. The van der Waals surface area contributed by atoms with E-state index in [-0.39, 0.29) is 58.4 Å². The van der Waals surface area contributed by atoms with E-state index in [2.05, 4.69) is 84.3 Å². The largest absolute Gasteiger partial charge is 2.00 e. The molecule has 0 amide bonds. The van der Waals surface area contributed by atoms with Crippen LogP contribution < -0.4 is 29.4 Å². The van der Waals surface area contributed by atoms with Crippen molar-refractivity contribution in [3.05, 3.63) is 71.8 Å². The summed E-state index contributed by atoms with van der Waals surface area (Å²) in [5.74, 6) is 2.16. The molecular weight excluding hydrogens is 651 g/mol. The second-order valence-electron chi connectivity index (χ2n) is 4.39. The maximum atomic E-state index is 8.92. The Morgan fingerprint density at radius 2 is 0.759 bits per heavy atom. The first-order valence-corrected chi connectivity index (χ1v) is 14.3. The van der Waals surface area contributed by atoms with Crippen LogP contribution in [0.1, 0.15) is 11.1 Å². The van der Waals surface area contributed by atoms with Crippen molar-refractivity contribution in [2.75, 3.05) is 0 Å². The summed E-state index contributed by atoms with van der Waals surface area (Å²) >= 11 is 6.54. The van der Waals surface area contributed by atoms with Crippen molar-refractivity contribution >= 4 is 58.6 Å². The fourth-order valence-corrected chi connectivity index (χ4v) is 3.51. The predicted molar refractivity (Wildman–Crippen MR) is 104 cm³/mol. The van der Waals surface area contributed by atoms with E-state index in [1.807, 2.05) is 21.6 Å². The minimum absolute atomic E-state index is 0. The molecule has 2 aromatic rings. The molecule has 6 nitrogen and oxygen atoms in total. The van der Waals surface area contributed by atoms with Gasteiger partial charge in [-0.2, -0.15) is 23.6 Å². The van der Waals surface area contributed by atoms with Crippen molar-refractivity contribution in [2.24, 2.45) is 0 Å². The van der Waals surface area contributed by atoms with Crippen molar-refractivity contribution in [2.45, 2.75) is 11.5 Å². The molecule has 2 rings (SSSR count). The quantitative estimate of drug-likeness (QED) is 0.175. The number of hydrogen-bond donors (Lipinski definition) is 0. The van der Waals surface area contributed by atoms with E-state index in [1.165, 1.54) is 11.1 Å². The van der Waals surface area contributed by atoms with E-state index in [0.717, 1.165) is 11.5 Å². The molecule has 0 fully saturated rings. The normalized spacial score (nSPS) is 9.72. The Labute approximate surface area is 227 Å². The summed E-state index contributed by atoms with van der Waals surface area (Å²) in [7, 11) is 3.84. The Hall–Kier alpha value is 2.07. The van der Waals surface area contributed by atoms with Crippen LogP contribution in [0.4, 0.5) is 0 Å². The molecular formula is C14H14O6P2S4Zn3. The zero-order valence-electron chi connectivity index (χ0n) is 15.3. The van der Waals surface area contributed by atoms with Gasteiger partial charge in [-0.1, -0.05) is 82.3 Å². The van der Waals surface area contributed by atoms with Crippen LogP contribution in [-0.2, 0) is 93.6 Å². The molecule has 0 N–H and O–H groups in total. The van der Waals surface area contributed by atoms with Gasteiger partial charge in [0.15, 0.2) is 0 Å². The van der Waals surface area contributed by atoms with Gasteiger partial charge in [-0.15, -0.1) is 0 Å². The second-order valence-corrected chi connectivity index (χ2v) is 11.3. The zero-order chi connectivity index (χ0) is 20.1. The van der Waals surface area contributed by atoms with E-state index < -0.39 is 13.4 Å². The van der Waals surface area contributed by atoms with Crippen molar-refractivity contribution < 1.29 is 87.8 Å². The minimum Gasteiger partial charge on any atom is -0.844 e. The topological polar surface area (TPSA) is 138 Å². The van der Waals surface area contributed by atoms with Crippen molar-refractivity contribution in [3.8, 4) is 0 Å². The van der Waals surface area contributed by atoms with E-state index in [9.17, 15) is 0 Å². The summed E-state index contributed by atoms with van der Waals surface area (Å²) in [5.41, 5.74) is 2.79. The average Bonchev–Trinajstić information content (AvgIpc) is 2.50. The summed E-state index contributed by atoms with van der Waals surface area (Å²) in [4.78, 5) is 53.5. The van der Waals surface area contributed by atoms with Crippen molar-refractivity contribution in [1.29, 1.82) is 0 Å². The maximum Gasteiger partial charge on any atom is 2.00 e. The standard InChI is InChI=1S/C14H14S2.2H3O3PS.3Zn/c1-3-7-13(8-4-1)11-15-16-12-14-9-5-2-6-10-14;2*1-4(2,3)5;;;/h1-10H,11-12H2;2*(H3,1,2,3,5);;;/q;;;3*+2/p-6. The predicted octanol–water partition coefficient (Wildman–Crippen LogP) is -0.656. The van der Waals surface area contributed by atoms with Gasteiger partial charge in [0.2, 0.25) is 0 Å². The van der Waals surface area contributed by atoms with Crippen LogP contribution in [0, 0.1) is 0 Å². The van der Waals surface area contributed by atoms with E-state index >= 15 is 0 Å².